The highest BCUT2D eigenvalue weighted by molar-refractivity contribution is 7.80. The summed E-state index contributed by atoms with van der Waals surface area (Å²) in [5, 5.41) is 0.865. The maximum absolute atomic E-state index is 16.0. The van der Waals surface area contributed by atoms with Gasteiger partial charge in [0.2, 0.25) is 0 Å². The molecule has 0 heterocycles. The van der Waals surface area contributed by atoms with E-state index in [1.165, 1.54) is 0 Å². The molecule has 0 fully saturated rings. The third-order valence-electron chi connectivity index (χ3n) is 7.02. The van der Waals surface area contributed by atoms with Crippen molar-refractivity contribution in [3.8, 4) is 0 Å². The SMILES string of the molecule is O=P(c1ccccc1)(c1ccccc1)C1(c2ccccc2)C=C(c2ccccc2)c2ccccc21. The van der Waals surface area contributed by atoms with E-state index in [4.69, 9.17) is 0 Å². The Hall–Kier alpha value is -3.93. The molecule has 1 atom stereocenters. The molecule has 0 saturated carbocycles. The van der Waals surface area contributed by atoms with Gasteiger partial charge in [-0.25, -0.2) is 0 Å². The molecule has 0 aliphatic heterocycles. The number of hydrogen-bond acceptors (Lipinski definition) is 1. The molecule has 1 nitrogen and oxygen atoms in total. The summed E-state index contributed by atoms with van der Waals surface area (Å²) in [6.45, 7) is 0. The van der Waals surface area contributed by atoms with Crippen molar-refractivity contribution >= 4 is 23.3 Å². The van der Waals surface area contributed by atoms with Crippen LogP contribution in [0.2, 0.25) is 0 Å². The minimum Gasteiger partial charge on any atom is -0.312 e. The molecule has 0 bridgehead atoms. The highest BCUT2D eigenvalue weighted by atomic mass is 31.2. The van der Waals surface area contributed by atoms with Crippen LogP contribution in [0.25, 0.3) is 5.57 Å². The second-order valence-electron chi connectivity index (χ2n) is 8.88. The van der Waals surface area contributed by atoms with Gasteiger partial charge in [0.25, 0.3) is 0 Å². The molecule has 6 rings (SSSR count). The Bertz CT molecular complexity index is 1500. The van der Waals surface area contributed by atoms with Crippen LogP contribution in [0.3, 0.4) is 0 Å². The van der Waals surface area contributed by atoms with Crippen molar-refractivity contribution in [3.63, 3.8) is 0 Å². The first-order valence-electron chi connectivity index (χ1n) is 11.9. The van der Waals surface area contributed by atoms with Gasteiger partial charge in [-0.05, 0) is 27.8 Å². The molecule has 0 spiro atoms. The zero-order valence-electron chi connectivity index (χ0n) is 19.3. The second kappa shape index (κ2) is 8.69. The van der Waals surface area contributed by atoms with E-state index < -0.39 is 12.3 Å². The maximum Gasteiger partial charge on any atom is 0.161 e. The second-order valence-corrected chi connectivity index (χ2v) is 11.8. The summed E-state index contributed by atoms with van der Waals surface area (Å²) in [6.07, 6.45) is 2.28. The van der Waals surface area contributed by atoms with E-state index in [1.807, 2.05) is 84.9 Å². The fourth-order valence-electron chi connectivity index (χ4n) is 5.48. The van der Waals surface area contributed by atoms with Crippen LogP contribution >= 0.6 is 7.14 Å². The molecule has 1 aliphatic carbocycles. The first kappa shape index (κ1) is 21.6. The molecule has 0 aromatic heterocycles. The lowest BCUT2D eigenvalue weighted by Crippen LogP contribution is -2.34. The first-order chi connectivity index (χ1) is 17.2. The van der Waals surface area contributed by atoms with Crippen molar-refractivity contribution in [2.45, 2.75) is 5.16 Å². The van der Waals surface area contributed by atoms with Gasteiger partial charge < -0.3 is 4.57 Å². The normalized spacial score (nSPS) is 17.0. The van der Waals surface area contributed by atoms with Crippen LogP contribution in [0.1, 0.15) is 22.3 Å². The Balaban J connectivity index is 1.79. The molecule has 0 radical (unpaired) electrons. The van der Waals surface area contributed by atoms with Crippen molar-refractivity contribution in [1.82, 2.24) is 0 Å². The Morgan fingerprint density at radius 1 is 0.486 bits per heavy atom. The van der Waals surface area contributed by atoms with Gasteiger partial charge in [-0.1, -0.05) is 152 Å². The standard InChI is InChI=1S/C33H25OP/c34-35(28-19-9-3-10-20-28,29-21-11-4-12-22-29)33(27-17-7-2-8-18-27)25-31(26-15-5-1-6-16-26)30-23-13-14-24-32(30)33/h1-25H. The number of fused-ring (bicyclic) bond motifs is 1. The van der Waals surface area contributed by atoms with Crippen molar-refractivity contribution in [3.05, 3.63) is 174 Å². The molecule has 0 N–H and O–H groups in total. The molecule has 0 amide bonds. The summed E-state index contributed by atoms with van der Waals surface area (Å²) in [5.74, 6) is 0. The fraction of sp³-hybridized carbons (Fsp3) is 0.0303. The Kier molecular flexibility index (Phi) is 5.36. The van der Waals surface area contributed by atoms with Gasteiger partial charge in [-0.3, -0.25) is 0 Å². The molecule has 2 heteroatoms. The van der Waals surface area contributed by atoms with Gasteiger partial charge in [0.15, 0.2) is 7.14 Å². The zero-order valence-corrected chi connectivity index (χ0v) is 20.2. The van der Waals surface area contributed by atoms with Gasteiger partial charge in [-0.2, -0.15) is 0 Å². The number of allylic oxidation sites excluding steroid dienone is 1. The van der Waals surface area contributed by atoms with E-state index in [0.29, 0.717) is 0 Å². The Morgan fingerprint density at radius 3 is 1.51 bits per heavy atom. The molecule has 5 aromatic carbocycles. The monoisotopic (exact) mass is 468 g/mol. The highest BCUT2D eigenvalue weighted by Gasteiger charge is 2.54. The summed E-state index contributed by atoms with van der Waals surface area (Å²) in [6, 6.07) is 49.3. The Morgan fingerprint density at radius 2 is 0.943 bits per heavy atom. The lowest BCUT2D eigenvalue weighted by molar-refractivity contribution is 0.574. The summed E-state index contributed by atoms with van der Waals surface area (Å²) in [4.78, 5) is 0. The largest absolute Gasteiger partial charge is 0.312 e. The molecular formula is C33H25OP. The van der Waals surface area contributed by atoms with Crippen LogP contribution in [-0.2, 0) is 9.72 Å². The van der Waals surface area contributed by atoms with Crippen molar-refractivity contribution in [1.29, 1.82) is 0 Å². The Labute approximate surface area is 206 Å². The predicted octanol–water partition coefficient (Wildman–Crippen LogP) is 7.39. The van der Waals surface area contributed by atoms with Crippen molar-refractivity contribution in [2.24, 2.45) is 0 Å². The molecule has 0 saturated heterocycles. The third kappa shape index (κ3) is 3.27. The molecule has 1 aliphatic rings. The van der Waals surface area contributed by atoms with Crippen LogP contribution in [-0.4, -0.2) is 0 Å². The average molecular weight is 469 g/mol. The van der Waals surface area contributed by atoms with Gasteiger partial charge >= 0.3 is 0 Å². The average Bonchev–Trinajstić information content (AvgIpc) is 3.31. The zero-order chi connectivity index (χ0) is 23.7. The van der Waals surface area contributed by atoms with E-state index in [1.54, 1.807) is 0 Å². The molecule has 35 heavy (non-hydrogen) atoms. The van der Waals surface area contributed by atoms with E-state index in [0.717, 1.165) is 38.4 Å². The van der Waals surface area contributed by atoms with Crippen molar-refractivity contribution in [2.75, 3.05) is 0 Å². The van der Waals surface area contributed by atoms with Crippen LogP contribution in [0.5, 0.6) is 0 Å². The third-order valence-corrected chi connectivity index (χ3v) is 10.7. The number of rotatable bonds is 5. The summed E-state index contributed by atoms with van der Waals surface area (Å²) < 4.78 is 16.0. The predicted molar refractivity (Wildman–Crippen MR) is 147 cm³/mol. The minimum atomic E-state index is -3.29. The van der Waals surface area contributed by atoms with Crippen LogP contribution in [0.4, 0.5) is 0 Å². The number of benzene rings is 5. The van der Waals surface area contributed by atoms with Gasteiger partial charge in [0.1, 0.15) is 5.16 Å². The molecule has 1 unspecified atom stereocenters. The number of hydrogen-bond donors (Lipinski definition) is 0. The van der Waals surface area contributed by atoms with E-state index in [2.05, 4.69) is 66.7 Å². The molecular weight excluding hydrogens is 443 g/mol. The van der Waals surface area contributed by atoms with Crippen LogP contribution in [0, 0.1) is 0 Å². The summed E-state index contributed by atoms with van der Waals surface area (Å²) in [7, 11) is -3.29. The van der Waals surface area contributed by atoms with Gasteiger partial charge in [0.05, 0.1) is 0 Å². The first-order valence-corrected chi connectivity index (χ1v) is 13.6. The van der Waals surface area contributed by atoms with Gasteiger partial charge in [-0.15, -0.1) is 0 Å². The van der Waals surface area contributed by atoms with E-state index in [-0.39, 0.29) is 0 Å². The van der Waals surface area contributed by atoms with E-state index >= 15 is 4.57 Å². The fourth-order valence-corrected chi connectivity index (χ4v) is 9.13. The highest BCUT2D eigenvalue weighted by Crippen LogP contribution is 2.69. The van der Waals surface area contributed by atoms with Gasteiger partial charge in [0, 0.05) is 10.6 Å². The molecule has 168 valence electrons. The summed E-state index contributed by atoms with van der Waals surface area (Å²) >= 11 is 0. The minimum absolute atomic E-state index is 0.848. The lowest BCUT2D eigenvalue weighted by atomic mass is 9.92. The van der Waals surface area contributed by atoms with E-state index in [9.17, 15) is 0 Å². The lowest BCUT2D eigenvalue weighted by Gasteiger charge is -2.39. The van der Waals surface area contributed by atoms with Crippen LogP contribution < -0.4 is 10.6 Å². The van der Waals surface area contributed by atoms with Crippen LogP contribution in [0.15, 0.2) is 152 Å². The smallest absolute Gasteiger partial charge is 0.161 e. The quantitative estimate of drug-likeness (QED) is 0.246. The molecule has 5 aromatic rings. The van der Waals surface area contributed by atoms with Crippen molar-refractivity contribution < 1.29 is 4.57 Å². The maximum atomic E-state index is 16.0. The summed E-state index contributed by atoms with van der Waals surface area (Å²) in [5.41, 5.74) is 5.51. The topological polar surface area (TPSA) is 17.1 Å².